The molecule has 8 heteroatoms. The number of aromatic nitrogens is 1. The predicted molar refractivity (Wildman–Crippen MR) is 137 cm³/mol. The van der Waals surface area contributed by atoms with E-state index in [0.29, 0.717) is 15.7 Å². The van der Waals surface area contributed by atoms with Crippen LogP contribution in [-0.2, 0) is 9.59 Å². The molecule has 4 rings (SSSR count). The molecule has 1 fully saturated rings. The molecule has 33 heavy (non-hydrogen) atoms. The molecule has 0 spiro atoms. The van der Waals surface area contributed by atoms with Gasteiger partial charge in [0.1, 0.15) is 5.57 Å². The Kier molecular flexibility index (Phi) is 6.18. The van der Waals surface area contributed by atoms with Crippen molar-refractivity contribution < 1.29 is 9.59 Å². The van der Waals surface area contributed by atoms with Gasteiger partial charge in [0.25, 0.3) is 11.8 Å². The normalized spacial score (nSPS) is 15.4. The van der Waals surface area contributed by atoms with Crippen molar-refractivity contribution in [3.63, 3.8) is 0 Å². The number of carbonyl (C=O) groups is 2. The molecule has 168 valence electrons. The fraction of sp³-hybridized carbons (Fsp3) is 0.160. The van der Waals surface area contributed by atoms with Crippen LogP contribution in [0.4, 0.5) is 5.69 Å². The highest BCUT2D eigenvalue weighted by Gasteiger charge is 2.35. The van der Waals surface area contributed by atoms with Crippen LogP contribution in [0.15, 0.2) is 48.0 Å². The van der Waals surface area contributed by atoms with Crippen LogP contribution in [0.3, 0.4) is 0 Å². The van der Waals surface area contributed by atoms with E-state index in [4.69, 9.17) is 35.4 Å². The maximum Gasteiger partial charge on any atom is 0.270 e. The Bertz CT molecular complexity index is 1370. The summed E-state index contributed by atoms with van der Waals surface area (Å²) < 4.78 is 2.03. The first-order valence-electron chi connectivity index (χ1n) is 10.2. The zero-order chi connectivity index (χ0) is 24.0. The first-order chi connectivity index (χ1) is 15.6. The van der Waals surface area contributed by atoms with Crippen molar-refractivity contribution >= 4 is 64.1 Å². The number of aryl methyl sites for hydroxylation is 3. The lowest BCUT2D eigenvalue weighted by molar-refractivity contribution is -0.122. The van der Waals surface area contributed by atoms with Crippen LogP contribution in [0.25, 0.3) is 11.8 Å². The van der Waals surface area contributed by atoms with Gasteiger partial charge in [-0.3, -0.25) is 19.8 Å². The standard InChI is InChI=1S/C25H21Cl2N3O2S/c1-13-5-7-18(11-21(13)26)29-15(3)9-17(16(29)4)10-20-23(31)28-25(33)30(24(20)32)19-8-6-14(2)22(27)12-19/h5-12H,1-4H3,(H,28,31,33)/b20-10+. The number of nitrogens with zero attached hydrogens (tertiary/aromatic N) is 2. The predicted octanol–water partition coefficient (Wildman–Crippen LogP) is 5.85. The number of hydrogen-bond acceptors (Lipinski definition) is 3. The highest BCUT2D eigenvalue weighted by atomic mass is 35.5. The molecule has 1 aromatic heterocycles. The molecule has 1 aliphatic rings. The Balaban J connectivity index is 1.77. The van der Waals surface area contributed by atoms with Crippen LogP contribution in [0.5, 0.6) is 0 Å². The van der Waals surface area contributed by atoms with Gasteiger partial charge >= 0.3 is 0 Å². The smallest absolute Gasteiger partial charge is 0.270 e. The molecule has 3 aromatic rings. The number of hydrogen-bond donors (Lipinski definition) is 1. The van der Waals surface area contributed by atoms with Crippen LogP contribution >= 0.6 is 35.4 Å². The maximum absolute atomic E-state index is 13.3. The topological polar surface area (TPSA) is 54.3 Å². The van der Waals surface area contributed by atoms with Gasteiger partial charge < -0.3 is 4.57 Å². The third kappa shape index (κ3) is 4.22. The molecule has 1 N–H and O–H groups in total. The van der Waals surface area contributed by atoms with Gasteiger partial charge in [0, 0.05) is 27.1 Å². The Morgan fingerprint density at radius 1 is 0.879 bits per heavy atom. The lowest BCUT2D eigenvalue weighted by Gasteiger charge is -2.29. The van der Waals surface area contributed by atoms with E-state index in [-0.39, 0.29) is 10.7 Å². The zero-order valence-corrected chi connectivity index (χ0v) is 20.8. The van der Waals surface area contributed by atoms with E-state index in [1.807, 2.05) is 56.5 Å². The highest BCUT2D eigenvalue weighted by Crippen LogP contribution is 2.29. The lowest BCUT2D eigenvalue weighted by Crippen LogP contribution is -2.54. The molecule has 2 heterocycles. The van der Waals surface area contributed by atoms with Gasteiger partial charge in [-0.2, -0.15) is 0 Å². The van der Waals surface area contributed by atoms with E-state index in [9.17, 15) is 9.59 Å². The summed E-state index contributed by atoms with van der Waals surface area (Å²) in [6.07, 6.45) is 1.59. The summed E-state index contributed by atoms with van der Waals surface area (Å²) in [6, 6.07) is 13.0. The summed E-state index contributed by atoms with van der Waals surface area (Å²) in [4.78, 5) is 27.3. The number of benzene rings is 2. The van der Waals surface area contributed by atoms with Crippen molar-refractivity contribution in [1.82, 2.24) is 9.88 Å². The summed E-state index contributed by atoms with van der Waals surface area (Å²) in [5, 5.41) is 3.80. The number of thiocarbonyl (C=S) groups is 1. The van der Waals surface area contributed by atoms with Gasteiger partial charge in [-0.25, -0.2) is 0 Å². The Morgan fingerprint density at radius 3 is 2.06 bits per heavy atom. The summed E-state index contributed by atoms with van der Waals surface area (Å²) in [5.41, 5.74) is 5.81. The molecule has 0 unspecified atom stereocenters. The molecule has 1 aliphatic heterocycles. The third-order valence-electron chi connectivity index (χ3n) is 5.70. The highest BCUT2D eigenvalue weighted by molar-refractivity contribution is 7.80. The first kappa shape index (κ1) is 23.2. The molecule has 5 nitrogen and oxygen atoms in total. The van der Waals surface area contributed by atoms with E-state index < -0.39 is 11.8 Å². The second kappa shape index (κ2) is 8.78. The van der Waals surface area contributed by atoms with Crippen LogP contribution in [0.2, 0.25) is 10.0 Å². The summed E-state index contributed by atoms with van der Waals surface area (Å²) in [7, 11) is 0. The van der Waals surface area contributed by atoms with E-state index in [1.165, 1.54) is 4.90 Å². The summed E-state index contributed by atoms with van der Waals surface area (Å²) >= 11 is 17.9. The fourth-order valence-electron chi connectivity index (χ4n) is 3.82. The average molecular weight is 498 g/mol. The Hall–Kier alpha value is -2.93. The van der Waals surface area contributed by atoms with E-state index in [0.717, 1.165) is 33.8 Å². The van der Waals surface area contributed by atoms with Crippen LogP contribution in [0.1, 0.15) is 28.1 Å². The van der Waals surface area contributed by atoms with E-state index in [2.05, 4.69) is 5.32 Å². The van der Waals surface area contributed by atoms with E-state index >= 15 is 0 Å². The van der Waals surface area contributed by atoms with Crippen LogP contribution in [0, 0.1) is 27.7 Å². The SMILES string of the molecule is Cc1ccc(N2C(=O)/C(=C/c3cc(C)n(-c4ccc(C)c(Cl)c4)c3C)C(=O)NC2=S)cc1Cl. The molecule has 0 bridgehead atoms. The minimum atomic E-state index is -0.539. The van der Waals surface area contributed by atoms with Gasteiger partial charge in [-0.1, -0.05) is 35.3 Å². The van der Waals surface area contributed by atoms with Crippen molar-refractivity contribution in [2.24, 2.45) is 0 Å². The van der Waals surface area contributed by atoms with Gasteiger partial charge in [-0.15, -0.1) is 0 Å². The van der Waals surface area contributed by atoms with Gasteiger partial charge in [0.15, 0.2) is 5.11 Å². The molecule has 0 atom stereocenters. The quantitative estimate of drug-likeness (QED) is 0.280. The molecular formula is C25H21Cl2N3O2S. The van der Waals surface area contributed by atoms with E-state index in [1.54, 1.807) is 24.3 Å². The van der Waals surface area contributed by atoms with Gasteiger partial charge in [0.05, 0.1) is 5.69 Å². The second-order valence-electron chi connectivity index (χ2n) is 7.99. The molecule has 0 aliphatic carbocycles. The average Bonchev–Trinajstić information content (AvgIpc) is 3.03. The number of nitrogens with one attached hydrogen (secondary N) is 1. The van der Waals surface area contributed by atoms with Crippen LogP contribution < -0.4 is 10.2 Å². The summed E-state index contributed by atoms with van der Waals surface area (Å²) in [6.45, 7) is 7.70. The maximum atomic E-state index is 13.3. The first-order valence-corrected chi connectivity index (χ1v) is 11.4. The Labute approximate surface area is 207 Å². The minimum Gasteiger partial charge on any atom is -0.318 e. The number of carbonyl (C=O) groups excluding carboxylic acids is 2. The number of halogens is 2. The Morgan fingerprint density at radius 2 is 1.45 bits per heavy atom. The zero-order valence-electron chi connectivity index (χ0n) is 18.5. The molecule has 0 saturated carbocycles. The molecular weight excluding hydrogens is 477 g/mol. The summed E-state index contributed by atoms with van der Waals surface area (Å²) in [5.74, 6) is -1.05. The fourth-order valence-corrected chi connectivity index (χ4v) is 4.45. The molecule has 2 amide bonds. The largest absolute Gasteiger partial charge is 0.318 e. The molecule has 2 aromatic carbocycles. The number of amides is 2. The van der Waals surface area contributed by atoms with Crippen molar-refractivity contribution in [1.29, 1.82) is 0 Å². The second-order valence-corrected chi connectivity index (χ2v) is 9.19. The third-order valence-corrected chi connectivity index (χ3v) is 6.80. The number of rotatable bonds is 3. The number of anilines is 1. The van der Waals surface area contributed by atoms with Crippen molar-refractivity contribution in [2.45, 2.75) is 27.7 Å². The molecule has 1 saturated heterocycles. The van der Waals surface area contributed by atoms with Crippen molar-refractivity contribution in [3.8, 4) is 5.69 Å². The minimum absolute atomic E-state index is 0.0116. The van der Waals surface area contributed by atoms with Crippen LogP contribution in [-0.4, -0.2) is 21.5 Å². The monoisotopic (exact) mass is 497 g/mol. The van der Waals surface area contributed by atoms with Crippen molar-refractivity contribution in [3.05, 3.63) is 86.2 Å². The van der Waals surface area contributed by atoms with Gasteiger partial charge in [-0.05, 0) is 93.0 Å². The van der Waals surface area contributed by atoms with Crippen molar-refractivity contribution in [2.75, 3.05) is 4.90 Å². The molecule has 0 radical (unpaired) electrons. The van der Waals surface area contributed by atoms with Gasteiger partial charge in [0.2, 0.25) is 0 Å². The lowest BCUT2D eigenvalue weighted by atomic mass is 10.1.